The van der Waals surface area contributed by atoms with Gasteiger partial charge in [0.1, 0.15) is 28.9 Å². The molecule has 11 nitrogen and oxygen atoms in total. The number of rotatable bonds is 4. The number of likely N-dealkylation sites (N-methyl/N-ethyl adjacent to an activating group) is 1. The highest BCUT2D eigenvalue weighted by atomic mass is 16.5. The predicted octanol–water partition coefficient (Wildman–Crippen LogP) is 0.613. The smallest absolute Gasteiger partial charge is 0.305 e. The van der Waals surface area contributed by atoms with Crippen LogP contribution in [-0.2, 0) is 19.1 Å². The van der Waals surface area contributed by atoms with Crippen molar-refractivity contribution in [2.75, 3.05) is 14.1 Å². The van der Waals surface area contributed by atoms with Gasteiger partial charge >= 0.3 is 5.97 Å². The summed E-state index contributed by atoms with van der Waals surface area (Å²) in [4.78, 5) is 53.2. The third-order valence-corrected chi connectivity index (χ3v) is 7.52. The molecular formula is C25H28N2O9. The van der Waals surface area contributed by atoms with Crippen molar-refractivity contribution < 1.29 is 44.3 Å². The van der Waals surface area contributed by atoms with Crippen LogP contribution in [0.3, 0.4) is 0 Å². The normalized spacial score (nSPS) is 31.7. The van der Waals surface area contributed by atoms with E-state index in [-0.39, 0.29) is 17.7 Å². The second-order valence-electron chi connectivity index (χ2n) is 9.61. The highest BCUT2D eigenvalue weighted by Crippen LogP contribution is 2.56. The monoisotopic (exact) mass is 500 g/mol. The van der Waals surface area contributed by atoms with Gasteiger partial charge in [-0.1, -0.05) is 26.0 Å². The van der Waals surface area contributed by atoms with E-state index in [0.717, 1.165) is 0 Å². The zero-order chi connectivity index (χ0) is 26.9. The fraction of sp³-hybridized carbons (Fsp3) is 0.440. The zero-order valence-electron chi connectivity index (χ0n) is 20.2. The maximum atomic E-state index is 13.6. The van der Waals surface area contributed by atoms with Gasteiger partial charge in [0.15, 0.2) is 11.4 Å². The summed E-state index contributed by atoms with van der Waals surface area (Å²) in [6, 6.07) is 3.14. The molecule has 0 aromatic heterocycles. The number of carbonyl (C=O) groups is 4. The molecule has 1 aromatic rings. The van der Waals surface area contributed by atoms with Crippen molar-refractivity contribution in [3.8, 4) is 5.75 Å². The highest BCUT2D eigenvalue weighted by molar-refractivity contribution is 6.25. The number of primary amides is 1. The van der Waals surface area contributed by atoms with E-state index in [4.69, 9.17) is 10.5 Å². The molecule has 6 N–H and O–H groups in total. The van der Waals surface area contributed by atoms with Gasteiger partial charge < -0.3 is 30.9 Å². The van der Waals surface area contributed by atoms with Crippen LogP contribution < -0.4 is 5.73 Å². The number of ketones is 2. The summed E-state index contributed by atoms with van der Waals surface area (Å²) in [6.45, 7) is 3.23. The summed E-state index contributed by atoms with van der Waals surface area (Å²) >= 11 is 0. The second-order valence-corrected chi connectivity index (χ2v) is 9.61. The first kappa shape index (κ1) is 25.4. The molecule has 0 radical (unpaired) electrons. The molecule has 0 saturated carbocycles. The van der Waals surface area contributed by atoms with Crippen LogP contribution in [0.1, 0.15) is 42.1 Å². The van der Waals surface area contributed by atoms with E-state index < -0.39 is 81.6 Å². The minimum Gasteiger partial charge on any atom is -0.510 e. The lowest BCUT2D eigenvalue weighted by molar-refractivity contribution is -0.180. The Morgan fingerprint density at radius 1 is 1.17 bits per heavy atom. The Balaban J connectivity index is 2.11. The van der Waals surface area contributed by atoms with Crippen LogP contribution in [0, 0.1) is 11.8 Å². The Labute approximate surface area is 206 Å². The van der Waals surface area contributed by atoms with Crippen LogP contribution in [0.25, 0.3) is 0 Å². The average molecular weight is 501 g/mol. The lowest BCUT2D eigenvalue weighted by Crippen LogP contribution is -2.69. The molecule has 1 amide bonds. The number of esters is 1. The zero-order valence-corrected chi connectivity index (χ0v) is 20.2. The number of carbonyl (C=O) groups excluding carboxylic acids is 4. The first-order valence-electron chi connectivity index (χ1n) is 11.5. The number of phenols is 1. The number of amides is 1. The molecule has 3 aliphatic rings. The molecule has 11 heteroatoms. The standard InChI is InChI=1S/C25H28N2O9/c1-5-12(29)36-21-13-9(2)10-7-6-8-11(28)14(10)19(30)15(13)22(32)25(35)17(21)18(27(3)4)20(31)16(23(25)33)24(26)34/h6-9,13,17-18,21,28,31-32,35H,5H2,1-4H3,(H2,26,34)/t9-,13+,17+,18-,21-,25-/m1/s1. The number of aliphatic hydroxyl groups is 3. The molecule has 0 fully saturated rings. The minimum absolute atomic E-state index is 0.0754. The molecule has 0 saturated heterocycles. The van der Waals surface area contributed by atoms with Crippen LogP contribution >= 0.6 is 0 Å². The predicted molar refractivity (Wildman–Crippen MR) is 124 cm³/mol. The summed E-state index contributed by atoms with van der Waals surface area (Å²) in [5, 5.41) is 44.7. The van der Waals surface area contributed by atoms with Gasteiger partial charge in [0.05, 0.1) is 17.5 Å². The Morgan fingerprint density at radius 2 is 1.81 bits per heavy atom. The number of nitrogens with two attached hydrogens (primary N) is 1. The van der Waals surface area contributed by atoms with Crippen molar-refractivity contribution >= 4 is 23.4 Å². The molecule has 1 aromatic carbocycles. The Kier molecular flexibility index (Phi) is 5.96. The molecule has 36 heavy (non-hydrogen) atoms. The number of aliphatic hydroxyl groups excluding tert-OH is 2. The van der Waals surface area contributed by atoms with E-state index in [1.54, 1.807) is 19.1 Å². The van der Waals surface area contributed by atoms with Gasteiger partial charge in [-0.2, -0.15) is 0 Å². The molecule has 3 aliphatic carbocycles. The lowest BCUT2D eigenvalue weighted by Gasteiger charge is -2.54. The van der Waals surface area contributed by atoms with E-state index in [0.29, 0.717) is 5.56 Å². The molecular weight excluding hydrogens is 472 g/mol. The number of Topliss-reactive ketones (excluding diaryl/α,β-unsaturated/α-hetero) is 2. The molecule has 0 bridgehead atoms. The largest absolute Gasteiger partial charge is 0.510 e. The fourth-order valence-corrected chi connectivity index (χ4v) is 5.93. The molecule has 4 rings (SSSR count). The van der Waals surface area contributed by atoms with Gasteiger partial charge in [-0.05, 0) is 31.6 Å². The van der Waals surface area contributed by atoms with Gasteiger partial charge in [-0.25, -0.2) is 0 Å². The van der Waals surface area contributed by atoms with Crippen molar-refractivity contribution in [3.63, 3.8) is 0 Å². The molecule has 192 valence electrons. The van der Waals surface area contributed by atoms with Gasteiger partial charge in [-0.15, -0.1) is 0 Å². The maximum Gasteiger partial charge on any atom is 0.305 e. The van der Waals surface area contributed by atoms with Gasteiger partial charge in [0.2, 0.25) is 5.78 Å². The van der Waals surface area contributed by atoms with E-state index in [1.807, 2.05) is 0 Å². The Morgan fingerprint density at radius 3 is 2.36 bits per heavy atom. The number of hydrogen-bond acceptors (Lipinski definition) is 10. The van der Waals surface area contributed by atoms with Gasteiger partial charge in [0.25, 0.3) is 5.91 Å². The number of ether oxygens (including phenoxy) is 1. The molecule has 6 atom stereocenters. The molecule has 0 spiro atoms. The quantitative estimate of drug-likeness (QED) is 0.289. The topological polar surface area (TPSA) is 188 Å². The second kappa shape index (κ2) is 8.45. The number of fused-ring (bicyclic) bond motifs is 3. The van der Waals surface area contributed by atoms with E-state index in [9.17, 15) is 39.6 Å². The molecule has 0 heterocycles. The Hall–Kier alpha value is -3.70. The first-order valence-corrected chi connectivity index (χ1v) is 11.5. The van der Waals surface area contributed by atoms with Crippen LogP contribution in [0.15, 0.2) is 40.9 Å². The number of nitrogens with zero attached hydrogens (tertiary/aromatic N) is 1. The van der Waals surface area contributed by atoms with Crippen LogP contribution in [0.5, 0.6) is 5.75 Å². The fourth-order valence-electron chi connectivity index (χ4n) is 5.93. The van der Waals surface area contributed by atoms with Gasteiger partial charge in [0, 0.05) is 17.9 Å². The number of phenolic OH excluding ortho intramolecular Hbond substituents is 1. The van der Waals surface area contributed by atoms with Crippen molar-refractivity contribution in [2.24, 2.45) is 17.6 Å². The minimum atomic E-state index is -2.94. The number of aromatic hydroxyl groups is 1. The van der Waals surface area contributed by atoms with E-state index in [1.165, 1.54) is 32.0 Å². The van der Waals surface area contributed by atoms with Crippen molar-refractivity contribution in [1.29, 1.82) is 0 Å². The van der Waals surface area contributed by atoms with Crippen molar-refractivity contribution in [3.05, 3.63) is 52.0 Å². The summed E-state index contributed by atoms with van der Waals surface area (Å²) in [6.07, 6.45) is -1.47. The third-order valence-electron chi connectivity index (χ3n) is 7.52. The first-order chi connectivity index (χ1) is 16.8. The van der Waals surface area contributed by atoms with Crippen LogP contribution in [0.4, 0.5) is 0 Å². The van der Waals surface area contributed by atoms with Crippen LogP contribution in [-0.4, -0.2) is 80.6 Å². The lowest BCUT2D eigenvalue weighted by atomic mass is 9.55. The summed E-state index contributed by atoms with van der Waals surface area (Å²) in [5.74, 6) is -9.67. The van der Waals surface area contributed by atoms with E-state index >= 15 is 0 Å². The molecule has 0 unspecified atom stereocenters. The SMILES string of the molecule is CCC(=O)O[C@@H]1[C@@H]2C(=C(O)[C@@]3(O)C(=O)C(C(N)=O)=C(O)[C@H](N(C)C)[C@@H]13)C(=O)c1c(O)cccc1[C@H]2C. The van der Waals surface area contributed by atoms with Gasteiger partial charge in [-0.3, -0.25) is 24.1 Å². The third kappa shape index (κ3) is 3.19. The number of hydrogen-bond donors (Lipinski definition) is 5. The Bertz CT molecular complexity index is 1260. The highest BCUT2D eigenvalue weighted by Gasteiger charge is 2.68. The van der Waals surface area contributed by atoms with E-state index in [2.05, 4.69) is 0 Å². The number of benzene rings is 1. The van der Waals surface area contributed by atoms with Crippen molar-refractivity contribution in [2.45, 2.75) is 43.9 Å². The maximum absolute atomic E-state index is 13.6. The average Bonchev–Trinajstić information content (AvgIpc) is 2.80. The summed E-state index contributed by atoms with van der Waals surface area (Å²) in [5.41, 5.74) is 1.36. The molecule has 0 aliphatic heterocycles. The summed E-state index contributed by atoms with van der Waals surface area (Å²) in [7, 11) is 2.99. The van der Waals surface area contributed by atoms with Crippen LogP contribution in [0.2, 0.25) is 0 Å². The van der Waals surface area contributed by atoms with Crippen molar-refractivity contribution in [1.82, 2.24) is 4.90 Å². The summed E-state index contributed by atoms with van der Waals surface area (Å²) < 4.78 is 5.74.